The lowest BCUT2D eigenvalue weighted by Crippen LogP contribution is -2.12. The predicted molar refractivity (Wildman–Crippen MR) is 87.7 cm³/mol. The minimum Gasteiger partial charge on any atom is -0.490 e. The van der Waals surface area contributed by atoms with Gasteiger partial charge in [0.05, 0.1) is 11.6 Å². The van der Waals surface area contributed by atoms with Crippen molar-refractivity contribution in [2.24, 2.45) is 0 Å². The zero-order valence-electron chi connectivity index (χ0n) is 12.3. The molecule has 0 unspecified atom stereocenters. The van der Waals surface area contributed by atoms with Crippen LogP contribution in [-0.2, 0) is 4.74 Å². The Morgan fingerprint density at radius 3 is 2.87 bits per heavy atom. The number of anilines is 1. The summed E-state index contributed by atoms with van der Waals surface area (Å²) in [5.74, 6) is 0.126. The summed E-state index contributed by atoms with van der Waals surface area (Å²) >= 11 is 1.33. The molecule has 0 saturated heterocycles. The van der Waals surface area contributed by atoms with Gasteiger partial charge in [-0.2, -0.15) is 5.26 Å². The minimum absolute atomic E-state index is 0.117. The lowest BCUT2D eigenvalue weighted by atomic mass is 10.2. The number of hydrogen-bond donors (Lipinski definition) is 1. The molecule has 0 bridgehead atoms. The molecule has 2 rings (SSSR count). The van der Waals surface area contributed by atoms with Crippen molar-refractivity contribution in [3.05, 3.63) is 53.6 Å². The van der Waals surface area contributed by atoms with Crippen LogP contribution in [0.4, 0.5) is 5.13 Å². The van der Waals surface area contributed by atoms with E-state index in [0.717, 1.165) is 0 Å². The molecule has 0 aliphatic carbocycles. The summed E-state index contributed by atoms with van der Waals surface area (Å²) in [7, 11) is 0. The highest BCUT2D eigenvalue weighted by atomic mass is 32.1. The molecule has 1 aromatic carbocycles. The van der Waals surface area contributed by atoms with E-state index in [1.807, 2.05) is 6.07 Å². The maximum Gasteiger partial charge on any atom is 0.358 e. The van der Waals surface area contributed by atoms with E-state index in [1.165, 1.54) is 11.3 Å². The predicted octanol–water partition coefficient (Wildman–Crippen LogP) is 2.85. The maximum absolute atomic E-state index is 11.8. The highest BCUT2D eigenvalue weighted by Crippen LogP contribution is 2.16. The number of nitrogens with zero attached hydrogens (tertiary/aromatic N) is 2. The van der Waals surface area contributed by atoms with Crippen LogP contribution in [0.5, 0.6) is 5.75 Å². The molecule has 118 valence electrons. The van der Waals surface area contributed by atoms with Crippen LogP contribution in [0.1, 0.15) is 16.1 Å². The van der Waals surface area contributed by atoms with Crippen molar-refractivity contribution in [3.63, 3.8) is 0 Å². The third kappa shape index (κ3) is 5.13. The third-order valence-electron chi connectivity index (χ3n) is 2.68. The van der Waals surface area contributed by atoms with Crippen LogP contribution in [0.15, 0.2) is 42.3 Å². The number of nitriles is 1. The first-order valence-corrected chi connectivity index (χ1v) is 7.71. The van der Waals surface area contributed by atoms with Gasteiger partial charge in [0.15, 0.2) is 10.8 Å². The number of benzene rings is 1. The van der Waals surface area contributed by atoms with E-state index >= 15 is 0 Å². The Balaban J connectivity index is 1.72. The van der Waals surface area contributed by atoms with E-state index in [9.17, 15) is 4.79 Å². The summed E-state index contributed by atoms with van der Waals surface area (Å²) in [6.07, 6.45) is 1.71. The number of aromatic nitrogens is 1. The second kappa shape index (κ2) is 8.56. The number of ether oxygens (including phenoxy) is 2. The van der Waals surface area contributed by atoms with Crippen molar-refractivity contribution in [3.8, 4) is 11.8 Å². The second-order valence-corrected chi connectivity index (χ2v) is 5.19. The fraction of sp³-hybridized carbons (Fsp3) is 0.188. The summed E-state index contributed by atoms with van der Waals surface area (Å²) in [6, 6.07) is 8.74. The van der Waals surface area contributed by atoms with E-state index in [2.05, 4.69) is 16.9 Å². The molecule has 1 aromatic heterocycles. The molecule has 0 saturated carbocycles. The lowest BCUT2D eigenvalue weighted by Gasteiger charge is -2.06. The van der Waals surface area contributed by atoms with Gasteiger partial charge in [-0.05, 0) is 24.3 Å². The minimum atomic E-state index is -0.490. The average Bonchev–Trinajstić information content (AvgIpc) is 3.06. The summed E-state index contributed by atoms with van der Waals surface area (Å²) < 4.78 is 10.5. The van der Waals surface area contributed by atoms with Gasteiger partial charge < -0.3 is 14.8 Å². The molecule has 1 N–H and O–H groups in total. The lowest BCUT2D eigenvalue weighted by molar-refractivity contribution is 0.0444. The quantitative estimate of drug-likeness (QED) is 0.455. The smallest absolute Gasteiger partial charge is 0.358 e. The number of rotatable bonds is 8. The summed E-state index contributed by atoms with van der Waals surface area (Å²) in [4.78, 5) is 15.9. The molecule has 0 atom stereocenters. The number of carbonyl (C=O) groups is 1. The molecular weight excluding hydrogens is 314 g/mol. The largest absolute Gasteiger partial charge is 0.490 e. The highest BCUT2D eigenvalue weighted by molar-refractivity contribution is 7.13. The molecule has 0 amide bonds. The number of hydrogen-bond acceptors (Lipinski definition) is 7. The van der Waals surface area contributed by atoms with Gasteiger partial charge >= 0.3 is 5.97 Å². The van der Waals surface area contributed by atoms with Gasteiger partial charge in [-0.1, -0.05) is 6.08 Å². The van der Waals surface area contributed by atoms with Gasteiger partial charge in [-0.25, -0.2) is 9.78 Å². The highest BCUT2D eigenvalue weighted by Gasteiger charge is 2.11. The molecule has 0 aliphatic heterocycles. The fourth-order valence-electron chi connectivity index (χ4n) is 1.60. The van der Waals surface area contributed by atoms with Crippen molar-refractivity contribution >= 4 is 22.4 Å². The summed E-state index contributed by atoms with van der Waals surface area (Å²) in [5, 5.41) is 14.0. The third-order valence-corrected chi connectivity index (χ3v) is 3.48. The normalized spacial score (nSPS) is 9.70. The monoisotopic (exact) mass is 329 g/mol. The Kier molecular flexibility index (Phi) is 6.15. The van der Waals surface area contributed by atoms with E-state index < -0.39 is 5.97 Å². The molecule has 0 spiro atoms. The van der Waals surface area contributed by atoms with Crippen molar-refractivity contribution in [2.75, 3.05) is 25.1 Å². The Bertz CT molecular complexity index is 704. The number of thiazole rings is 1. The Labute approximate surface area is 138 Å². The van der Waals surface area contributed by atoms with Gasteiger partial charge in [-0.15, -0.1) is 17.9 Å². The van der Waals surface area contributed by atoms with E-state index in [4.69, 9.17) is 14.7 Å². The van der Waals surface area contributed by atoms with Crippen LogP contribution in [0.3, 0.4) is 0 Å². The summed E-state index contributed by atoms with van der Waals surface area (Å²) in [5.41, 5.74) is 0.827. The number of carbonyl (C=O) groups excluding carboxylic acids is 1. The van der Waals surface area contributed by atoms with Gasteiger partial charge in [0.1, 0.15) is 19.0 Å². The van der Waals surface area contributed by atoms with Crippen molar-refractivity contribution in [2.45, 2.75) is 0 Å². The first-order chi connectivity index (χ1) is 11.2. The fourth-order valence-corrected chi connectivity index (χ4v) is 2.29. The number of esters is 1. The van der Waals surface area contributed by atoms with E-state index in [-0.39, 0.29) is 18.9 Å². The Morgan fingerprint density at radius 2 is 2.17 bits per heavy atom. The standard InChI is InChI=1S/C16H15N3O3S/c1-2-7-18-16-19-14(11-23-16)15(20)22-9-8-21-13-5-3-12(10-17)4-6-13/h2-6,11H,1,7-9H2,(H,18,19). The van der Waals surface area contributed by atoms with Crippen LogP contribution in [0.2, 0.25) is 0 Å². The van der Waals surface area contributed by atoms with E-state index in [0.29, 0.717) is 23.0 Å². The van der Waals surface area contributed by atoms with Gasteiger partial charge in [0, 0.05) is 11.9 Å². The molecule has 2 aromatic rings. The molecule has 6 nitrogen and oxygen atoms in total. The first-order valence-electron chi connectivity index (χ1n) is 6.83. The van der Waals surface area contributed by atoms with Gasteiger partial charge in [0.25, 0.3) is 0 Å². The zero-order valence-corrected chi connectivity index (χ0v) is 13.1. The molecular formula is C16H15N3O3S. The van der Waals surface area contributed by atoms with Crippen molar-refractivity contribution < 1.29 is 14.3 Å². The molecule has 0 aliphatic rings. The van der Waals surface area contributed by atoms with Crippen molar-refractivity contribution in [1.29, 1.82) is 5.26 Å². The zero-order chi connectivity index (χ0) is 16.5. The molecule has 0 radical (unpaired) electrons. The van der Waals surface area contributed by atoms with Crippen LogP contribution in [-0.4, -0.2) is 30.7 Å². The van der Waals surface area contributed by atoms with E-state index in [1.54, 1.807) is 35.7 Å². The topological polar surface area (TPSA) is 84.2 Å². The Hall–Kier alpha value is -2.85. The summed E-state index contributed by atoms with van der Waals surface area (Å²) in [6.45, 7) is 4.52. The van der Waals surface area contributed by atoms with Crippen LogP contribution in [0.25, 0.3) is 0 Å². The molecule has 7 heteroatoms. The second-order valence-electron chi connectivity index (χ2n) is 4.33. The average molecular weight is 329 g/mol. The molecule has 1 heterocycles. The van der Waals surface area contributed by atoms with Crippen LogP contribution < -0.4 is 10.1 Å². The maximum atomic E-state index is 11.8. The SMILES string of the molecule is C=CCNc1nc(C(=O)OCCOc2ccc(C#N)cc2)cs1. The van der Waals surface area contributed by atoms with Crippen molar-refractivity contribution in [1.82, 2.24) is 4.98 Å². The van der Waals surface area contributed by atoms with Crippen LogP contribution in [0, 0.1) is 11.3 Å². The number of nitrogens with one attached hydrogen (secondary N) is 1. The van der Waals surface area contributed by atoms with Gasteiger partial charge in [0.2, 0.25) is 0 Å². The first kappa shape index (κ1) is 16.5. The molecule has 0 fully saturated rings. The van der Waals surface area contributed by atoms with Gasteiger partial charge in [-0.3, -0.25) is 0 Å². The van der Waals surface area contributed by atoms with Crippen LogP contribution >= 0.6 is 11.3 Å². The Morgan fingerprint density at radius 1 is 1.39 bits per heavy atom. The molecule has 23 heavy (non-hydrogen) atoms.